The van der Waals surface area contributed by atoms with E-state index in [9.17, 15) is 4.79 Å². The highest BCUT2D eigenvalue weighted by molar-refractivity contribution is 7.10. The summed E-state index contributed by atoms with van der Waals surface area (Å²) >= 11 is 1.86. The van der Waals surface area contributed by atoms with Crippen molar-refractivity contribution in [1.82, 2.24) is 0 Å². The average Bonchev–Trinajstić information content (AvgIpc) is 3.44. The molecule has 1 aliphatic heterocycles. The fraction of sp³-hybridized carbons (Fsp3) is 0.375. The number of hydrogen-bond acceptors (Lipinski definition) is 5. The van der Waals surface area contributed by atoms with E-state index < -0.39 is 0 Å². The van der Waals surface area contributed by atoms with Crippen LogP contribution in [-0.2, 0) is 9.47 Å². The van der Waals surface area contributed by atoms with Gasteiger partial charge in [-0.3, -0.25) is 0 Å². The number of ether oxygens (including phenoxy) is 2. The van der Waals surface area contributed by atoms with E-state index in [0.717, 1.165) is 23.5 Å². The number of rotatable bonds is 4. The van der Waals surface area contributed by atoms with Gasteiger partial charge in [0.05, 0.1) is 18.3 Å². The largest absolute Gasteiger partial charge is 0.462 e. The first kappa shape index (κ1) is 18.6. The second-order valence-corrected chi connectivity index (χ2v) is 8.63. The second kappa shape index (κ2) is 7.81. The Morgan fingerprint density at radius 3 is 2.76 bits per heavy atom. The molecule has 5 heteroatoms. The number of benzene rings is 1. The van der Waals surface area contributed by atoms with Crippen molar-refractivity contribution in [1.29, 1.82) is 0 Å². The van der Waals surface area contributed by atoms with E-state index in [1.54, 1.807) is 19.1 Å². The van der Waals surface area contributed by atoms with Crippen LogP contribution in [0.15, 0.2) is 52.3 Å². The van der Waals surface area contributed by atoms with Crippen molar-refractivity contribution < 1.29 is 18.7 Å². The summed E-state index contributed by atoms with van der Waals surface area (Å²) in [6, 6.07) is 13.5. The van der Waals surface area contributed by atoms with Crippen molar-refractivity contribution in [2.45, 2.75) is 50.7 Å². The number of furan rings is 1. The van der Waals surface area contributed by atoms with Gasteiger partial charge in [0.25, 0.3) is 0 Å². The summed E-state index contributed by atoms with van der Waals surface area (Å²) in [5, 5.41) is 2.18. The Kier molecular flexibility index (Phi) is 5.02. The summed E-state index contributed by atoms with van der Waals surface area (Å²) < 4.78 is 17.8. The molecule has 1 saturated carbocycles. The maximum absolute atomic E-state index is 11.8. The van der Waals surface area contributed by atoms with Gasteiger partial charge in [0.15, 0.2) is 0 Å². The quantitative estimate of drug-likeness (QED) is 0.473. The molecule has 2 aromatic heterocycles. The Bertz CT molecular complexity index is 1000. The van der Waals surface area contributed by atoms with Crippen LogP contribution in [0.5, 0.6) is 0 Å². The topological polar surface area (TPSA) is 48.7 Å². The minimum absolute atomic E-state index is 0.136. The number of hydrogen-bond donors (Lipinski definition) is 0. The Labute approximate surface area is 174 Å². The standard InChI is InChI=1S/C24H24O4S/c1-2-26-24(25)16-9-7-15(8-10-16)19-11-12-21(27-19)22-18-13-14-29-23(18)17-5-3-4-6-20(17)28-22/h7-14,17,20,22H,2-6H2,1H3/t17-,20+,22+/m0/s1. The fourth-order valence-electron chi connectivity index (χ4n) is 4.51. The molecular weight excluding hydrogens is 384 g/mol. The molecule has 5 rings (SSSR count). The maximum atomic E-state index is 11.8. The smallest absolute Gasteiger partial charge is 0.338 e. The number of esters is 1. The SMILES string of the molecule is CCOC(=O)c1ccc(-c2ccc([C@@H]3O[C@@H]4CCCC[C@@H]4c4sccc43)o2)cc1. The van der Waals surface area contributed by atoms with Crippen LogP contribution in [0, 0.1) is 0 Å². The van der Waals surface area contributed by atoms with Crippen molar-refractivity contribution in [3.05, 3.63) is 69.6 Å². The Morgan fingerprint density at radius 2 is 1.93 bits per heavy atom. The molecule has 4 nitrogen and oxygen atoms in total. The van der Waals surface area contributed by atoms with Gasteiger partial charge in [-0.15, -0.1) is 11.3 Å². The normalized spacial score (nSPS) is 23.3. The predicted octanol–water partition coefficient (Wildman–Crippen LogP) is 6.33. The third-order valence-electron chi connectivity index (χ3n) is 5.93. The number of fused-ring (bicyclic) bond motifs is 3. The van der Waals surface area contributed by atoms with Crippen LogP contribution in [0.1, 0.15) is 71.2 Å². The van der Waals surface area contributed by atoms with Gasteiger partial charge in [0, 0.05) is 21.9 Å². The van der Waals surface area contributed by atoms with Crippen LogP contribution in [-0.4, -0.2) is 18.7 Å². The van der Waals surface area contributed by atoms with Gasteiger partial charge >= 0.3 is 5.97 Å². The molecule has 1 aliphatic carbocycles. The predicted molar refractivity (Wildman–Crippen MR) is 112 cm³/mol. The van der Waals surface area contributed by atoms with Crippen molar-refractivity contribution in [3.63, 3.8) is 0 Å². The van der Waals surface area contributed by atoms with E-state index in [4.69, 9.17) is 13.9 Å². The molecular formula is C24H24O4S. The van der Waals surface area contributed by atoms with E-state index >= 15 is 0 Å². The molecule has 2 aliphatic rings. The highest BCUT2D eigenvalue weighted by atomic mass is 32.1. The lowest BCUT2D eigenvalue weighted by Gasteiger charge is -2.38. The van der Waals surface area contributed by atoms with Gasteiger partial charge in [0.2, 0.25) is 0 Å². The second-order valence-electron chi connectivity index (χ2n) is 7.69. The van der Waals surface area contributed by atoms with E-state index in [-0.39, 0.29) is 18.2 Å². The van der Waals surface area contributed by atoms with Gasteiger partial charge < -0.3 is 13.9 Å². The summed E-state index contributed by atoms with van der Waals surface area (Å²) in [6.07, 6.45) is 5.03. The van der Waals surface area contributed by atoms with E-state index in [1.807, 2.05) is 35.6 Å². The van der Waals surface area contributed by atoms with Crippen LogP contribution >= 0.6 is 11.3 Å². The van der Waals surface area contributed by atoms with Gasteiger partial charge in [-0.25, -0.2) is 4.79 Å². The third kappa shape index (κ3) is 3.43. The molecule has 3 heterocycles. The molecule has 0 amide bonds. The highest BCUT2D eigenvalue weighted by Crippen LogP contribution is 2.49. The minimum atomic E-state index is -0.304. The molecule has 0 N–H and O–H groups in total. The number of carbonyl (C=O) groups is 1. The zero-order valence-electron chi connectivity index (χ0n) is 16.4. The molecule has 0 radical (unpaired) electrons. The molecule has 150 valence electrons. The van der Waals surface area contributed by atoms with Crippen LogP contribution in [0.2, 0.25) is 0 Å². The number of carbonyl (C=O) groups excluding carboxylic acids is 1. The minimum Gasteiger partial charge on any atom is -0.462 e. The molecule has 0 saturated heterocycles. The Morgan fingerprint density at radius 1 is 1.10 bits per heavy atom. The van der Waals surface area contributed by atoms with Crippen LogP contribution in [0.3, 0.4) is 0 Å². The Hall–Kier alpha value is -2.37. The monoisotopic (exact) mass is 408 g/mol. The van der Waals surface area contributed by atoms with Crippen LogP contribution < -0.4 is 0 Å². The van der Waals surface area contributed by atoms with Crippen molar-refractivity contribution in [2.75, 3.05) is 6.61 Å². The van der Waals surface area contributed by atoms with Crippen molar-refractivity contribution in [3.8, 4) is 11.3 Å². The summed E-state index contributed by atoms with van der Waals surface area (Å²) in [4.78, 5) is 13.3. The van der Waals surface area contributed by atoms with Crippen LogP contribution in [0.25, 0.3) is 11.3 Å². The molecule has 0 bridgehead atoms. The molecule has 0 spiro atoms. The first-order valence-electron chi connectivity index (χ1n) is 10.3. The van der Waals surface area contributed by atoms with Gasteiger partial charge in [0.1, 0.15) is 17.6 Å². The summed E-state index contributed by atoms with van der Waals surface area (Å²) in [5.74, 6) is 1.86. The molecule has 1 aromatic carbocycles. The average molecular weight is 409 g/mol. The van der Waals surface area contributed by atoms with E-state index in [0.29, 0.717) is 18.1 Å². The lowest BCUT2D eigenvalue weighted by Crippen LogP contribution is -2.32. The third-order valence-corrected chi connectivity index (χ3v) is 6.99. The molecule has 3 aromatic rings. The molecule has 29 heavy (non-hydrogen) atoms. The zero-order valence-corrected chi connectivity index (χ0v) is 17.2. The first-order chi connectivity index (χ1) is 14.2. The molecule has 1 fully saturated rings. The van der Waals surface area contributed by atoms with Gasteiger partial charge in [-0.1, -0.05) is 25.0 Å². The van der Waals surface area contributed by atoms with E-state index in [1.165, 1.54) is 29.7 Å². The lowest BCUT2D eigenvalue weighted by molar-refractivity contribution is -0.0451. The Balaban J connectivity index is 1.41. The maximum Gasteiger partial charge on any atom is 0.338 e. The first-order valence-corrected chi connectivity index (χ1v) is 11.2. The summed E-state index contributed by atoms with van der Waals surface area (Å²) in [5.41, 5.74) is 2.74. The van der Waals surface area contributed by atoms with Crippen LogP contribution in [0.4, 0.5) is 0 Å². The zero-order chi connectivity index (χ0) is 19.8. The van der Waals surface area contributed by atoms with Crippen molar-refractivity contribution in [2.24, 2.45) is 0 Å². The molecule has 0 unspecified atom stereocenters. The summed E-state index contributed by atoms with van der Waals surface area (Å²) in [6.45, 7) is 2.17. The lowest BCUT2D eigenvalue weighted by atomic mass is 9.81. The van der Waals surface area contributed by atoms with E-state index in [2.05, 4.69) is 11.4 Å². The van der Waals surface area contributed by atoms with Gasteiger partial charge in [-0.05, 0) is 55.5 Å². The fourth-order valence-corrected chi connectivity index (χ4v) is 5.63. The number of thiophene rings is 1. The summed E-state index contributed by atoms with van der Waals surface area (Å²) in [7, 11) is 0. The van der Waals surface area contributed by atoms with Crippen molar-refractivity contribution >= 4 is 17.3 Å². The molecule has 3 atom stereocenters. The van der Waals surface area contributed by atoms with Gasteiger partial charge in [-0.2, -0.15) is 0 Å². The highest BCUT2D eigenvalue weighted by Gasteiger charge is 2.39.